The molecule has 2 heterocycles. The molecule has 1 aromatic carbocycles. The van der Waals surface area contributed by atoms with E-state index in [0.717, 1.165) is 29.1 Å². The van der Waals surface area contributed by atoms with Crippen LogP contribution in [0.1, 0.15) is 18.2 Å². The van der Waals surface area contributed by atoms with Crippen molar-refractivity contribution in [3.63, 3.8) is 0 Å². The summed E-state index contributed by atoms with van der Waals surface area (Å²) in [6.07, 6.45) is 4.41. The number of benzene rings is 1. The van der Waals surface area contributed by atoms with Gasteiger partial charge < -0.3 is 10.4 Å². The molecule has 0 fully saturated rings. The molecule has 128 valence electrons. The number of hydrogen-bond donors (Lipinski definition) is 2. The number of aliphatic hydroxyl groups excluding tert-OH is 1. The summed E-state index contributed by atoms with van der Waals surface area (Å²) in [5, 5.41) is 13.5. The topological polar surface area (TPSA) is 70.9 Å². The first-order valence-corrected chi connectivity index (χ1v) is 8.49. The SMILES string of the molecule is CCc1cc(NCC(O)Cc2ccccc2)nc(-c2ccncc2)n1. The zero-order valence-corrected chi connectivity index (χ0v) is 14.3. The molecule has 0 bridgehead atoms. The normalized spacial score (nSPS) is 11.9. The zero-order valence-electron chi connectivity index (χ0n) is 14.3. The standard InChI is InChI=1S/C20H22N4O/c1-2-17-13-19(24-20(23-17)16-8-10-21-11-9-16)22-14-18(25)12-15-6-4-3-5-7-15/h3-11,13,18,25H,2,12,14H2,1H3,(H,22,23,24). The van der Waals surface area contributed by atoms with Crippen molar-refractivity contribution in [1.29, 1.82) is 0 Å². The second-order valence-electron chi connectivity index (χ2n) is 5.88. The van der Waals surface area contributed by atoms with Crippen LogP contribution >= 0.6 is 0 Å². The summed E-state index contributed by atoms with van der Waals surface area (Å²) in [5.74, 6) is 1.40. The van der Waals surface area contributed by atoms with Gasteiger partial charge in [-0.15, -0.1) is 0 Å². The molecule has 0 aliphatic heterocycles. The number of nitrogens with zero attached hydrogens (tertiary/aromatic N) is 3. The summed E-state index contributed by atoms with van der Waals surface area (Å²) in [4.78, 5) is 13.2. The highest BCUT2D eigenvalue weighted by Crippen LogP contribution is 2.17. The fourth-order valence-corrected chi connectivity index (χ4v) is 2.58. The van der Waals surface area contributed by atoms with Gasteiger partial charge >= 0.3 is 0 Å². The van der Waals surface area contributed by atoms with Crippen LogP contribution in [0.3, 0.4) is 0 Å². The smallest absolute Gasteiger partial charge is 0.161 e. The number of anilines is 1. The highest BCUT2D eigenvalue weighted by molar-refractivity contribution is 5.56. The van der Waals surface area contributed by atoms with Gasteiger partial charge in [-0.1, -0.05) is 37.3 Å². The maximum absolute atomic E-state index is 10.3. The average Bonchev–Trinajstić information content (AvgIpc) is 2.67. The van der Waals surface area contributed by atoms with Gasteiger partial charge in [0.05, 0.1) is 6.10 Å². The second-order valence-corrected chi connectivity index (χ2v) is 5.88. The lowest BCUT2D eigenvalue weighted by molar-refractivity contribution is 0.188. The van der Waals surface area contributed by atoms with Crippen molar-refractivity contribution in [1.82, 2.24) is 15.0 Å². The first-order valence-electron chi connectivity index (χ1n) is 8.49. The lowest BCUT2D eigenvalue weighted by Crippen LogP contribution is -2.22. The highest BCUT2D eigenvalue weighted by atomic mass is 16.3. The summed E-state index contributed by atoms with van der Waals surface area (Å²) in [5.41, 5.74) is 3.01. The van der Waals surface area contributed by atoms with E-state index in [-0.39, 0.29) is 0 Å². The van der Waals surface area contributed by atoms with E-state index in [1.54, 1.807) is 12.4 Å². The molecule has 0 saturated carbocycles. The van der Waals surface area contributed by atoms with Gasteiger partial charge in [0, 0.05) is 42.7 Å². The number of aryl methyl sites for hydroxylation is 1. The highest BCUT2D eigenvalue weighted by Gasteiger charge is 2.09. The number of pyridine rings is 1. The third-order valence-electron chi connectivity index (χ3n) is 3.91. The molecular formula is C20H22N4O. The molecule has 0 aliphatic rings. The van der Waals surface area contributed by atoms with Crippen LogP contribution in [-0.4, -0.2) is 32.7 Å². The Morgan fingerprint density at radius 2 is 1.80 bits per heavy atom. The first-order chi connectivity index (χ1) is 12.2. The third-order valence-corrected chi connectivity index (χ3v) is 3.91. The molecule has 1 atom stereocenters. The molecule has 2 aromatic heterocycles. The van der Waals surface area contributed by atoms with Crippen LogP contribution in [0.5, 0.6) is 0 Å². The van der Waals surface area contributed by atoms with E-state index in [1.165, 1.54) is 0 Å². The van der Waals surface area contributed by atoms with Crippen molar-refractivity contribution in [2.45, 2.75) is 25.9 Å². The van der Waals surface area contributed by atoms with Gasteiger partial charge in [0.2, 0.25) is 0 Å². The minimum Gasteiger partial charge on any atom is -0.391 e. The predicted molar refractivity (Wildman–Crippen MR) is 99.3 cm³/mol. The van der Waals surface area contributed by atoms with E-state index >= 15 is 0 Å². The Bertz CT molecular complexity index is 793. The van der Waals surface area contributed by atoms with E-state index in [0.29, 0.717) is 18.8 Å². The summed E-state index contributed by atoms with van der Waals surface area (Å²) < 4.78 is 0. The monoisotopic (exact) mass is 334 g/mol. The van der Waals surface area contributed by atoms with Gasteiger partial charge in [-0.25, -0.2) is 9.97 Å². The fraction of sp³-hybridized carbons (Fsp3) is 0.250. The molecule has 1 unspecified atom stereocenters. The van der Waals surface area contributed by atoms with Gasteiger partial charge in [-0.3, -0.25) is 4.98 Å². The van der Waals surface area contributed by atoms with Gasteiger partial charge in [0.25, 0.3) is 0 Å². The number of aliphatic hydroxyl groups is 1. The van der Waals surface area contributed by atoms with Crippen LogP contribution < -0.4 is 5.32 Å². The van der Waals surface area contributed by atoms with Gasteiger partial charge in [0.1, 0.15) is 5.82 Å². The summed E-state index contributed by atoms with van der Waals surface area (Å²) in [7, 11) is 0. The number of hydrogen-bond acceptors (Lipinski definition) is 5. The minimum absolute atomic E-state index is 0.435. The Balaban J connectivity index is 1.69. The quantitative estimate of drug-likeness (QED) is 0.695. The molecule has 0 radical (unpaired) electrons. The zero-order chi connectivity index (χ0) is 17.5. The lowest BCUT2D eigenvalue weighted by Gasteiger charge is -2.14. The third kappa shape index (κ3) is 4.84. The van der Waals surface area contributed by atoms with Crippen LogP contribution in [0, 0.1) is 0 Å². The molecular weight excluding hydrogens is 312 g/mol. The van der Waals surface area contributed by atoms with Crippen molar-refractivity contribution in [3.05, 3.63) is 72.2 Å². The Morgan fingerprint density at radius 1 is 1.04 bits per heavy atom. The fourth-order valence-electron chi connectivity index (χ4n) is 2.58. The van der Waals surface area contributed by atoms with Crippen LogP contribution in [0.25, 0.3) is 11.4 Å². The molecule has 3 rings (SSSR count). The summed E-state index contributed by atoms with van der Waals surface area (Å²) >= 11 is 0. The van der Waals surface area contributed by atoms with Gasteiger partial charge in [-0.05, 0) is 24.1 Å². The molecule has 5 nitrogen and oxygen atoms in total. The summed E-state index contributed by atoms with van der Waals surface area (Å²) in [6.45, 7) is 2.50. The second kappa shape index (κ2) is 8.35. The first kappa shape index (κ1) is 17.0. The maximum atomic E-state index is 10.3. The van der Waals surface area contributed by atoms with E-state index in [9.17, 15) is 5.11 Å². The van der Waals surface area contributed by atoms with Crippen LogP contribution in [0.15, 0.2) is 60.9 Å². The predicted octanol–water partition coefficient (Wildman–Crippen LogP) is 3.12. The Labute approximate surface area is 147 Å². The van der Waals surface area contributed by atoms with Gasteiger partial charge in [-0.2, -0.15) is 0 Å². The van der Waals surface area contributed by atoms with Crippen molar-refractivity contribution in [2.75, 3.05) is 11.9 Å². The average molecular weight is 334 g/mol. The van der Waals surface area contributed by atoms with Crippen molar-refractivity contribution in [3.8, 4) is 11.4 Å². The Morgan fingerprint density at radius 3 is 2.52 bits per heavy atom. The molecule has 3 aromatic rings. The molecule has 5 heteroatoms. The van der Waals surface area contributed by atoms with Crippen LogP contribution in [0.2, 0.25) is 0 Å². The van der Waals surface area contributed by atoms with Crippen molar-refractivity contribution < 1.29 is 5.11 Å². The van der Waals surface area contributed by atoms with E-state index in [2.05, 4.69) is 27.2 Å². The van der Waals surface area contributed by atoms with Crippen molar-refractivity contribution >= 4 is 5.82 Å². The Kier molecular flexibility index (Phi) is 5.69. The van der Waals surface area contributed by atoms with E-state index < -0.39 is 6.10 Å². The molecule has 0 amide bonds. The summed E-state index contributed by atoms with van der Waals surface area (Å²) in [6, 6.07) is 15.7. The number of aromatic nitrogens is 3. The van der Waals surface area contributed by atoms with Crippen LogP contribution in [-0.2, 0) is 12.8 Å². The maximum Gasteiger partial charge on any atom is 0.161 e. The lowest BCUT2D eigenvalue weighted by atomic mass is 10.1. The number of nitrogens with one attached hydrogen (secondary N) is 1. The molecule has 0 aliphatic carbocycles. The van der Waals surface area contributed by atoms with E-state index in [1.807, 2.05) is 48.5 Å². The molecule has 25 heavy (non-hydrogen) atoms. The van der Waals surface area contributed by atoms with Gasteiger partial charge in [0.15, 0.2) is 5.82 Å². The van der Waals surface area contributed by atoms with E-state index in [4.69, 9.17) is 0 Å². The Hall–Kier alpha value is -2.79. The molecule has 0 saturated heterocycles. The minimum atomic E-state index is -0.480. The molecule has 2 N–H and O–H groups in total. The number of rotatable bonds is 7. The van der Waals surface area contributed by atoms with Crippen LogP contribution in [0.4, 0.5) is 5.82 Å². The largest absolute Gasteiger partial charge is 0.391 e. The van der Waals surface area contributed by atoms with Crippen molar-refractivity contribution in [2.24, 2.45) is 0 Å². The molecule has 0 spiro atoms.